The molecule has 0 aromatic carbocycles. The first-order valence-electron chi connectivity index (χ1n) is 6.34. The summed E-state index contributed by atoms with van der Waals surface area (Å²) in [6.45, 7) is 1.85. The molecule has 1 fully saturated rings. The van der Waals surface area contributed by atoms with Gasteiger partial charge in [0.1, 0.15) is 6.29 Å². The quantitative estimate of drug-likeness (QED) is 0.592. The van der Waals surface area contributed by atoms with Crippen LogP contribution in [-0.4, -0.2) is 51.2 Å². The molecule has 1 aliphatic heterocycles. The molecule has 0 bridgehead atoms. The molecule has 1 saturated heterocycles. The summed E-state index contributed by atoms with van der Waals surface area (Å²) in [6, 6.07) is -0.442. The number of nitrogens with zero attached hydrogens (tertiary/aromatic N) is 1. The van der Waals surface area contributed by atoms with Crippen molar-refractivity contribution in [3.63, 3.8) is 0 Å². The van der Waals surface area contributed by atoms with Crippen molar-refractivity contribution in [2.24, 2.45) is 5.73 Å². The van der Waals surface area contributed by atoms with E-state index in [0.717, 1.165) is 38.6 Å². The molecular weight excluding hydrogens is 254 g/mol. The van der Waals surface area contributed by atoms with Crippen molar-refractivity contribution in [3.05, 3.63) is 0 Å². The minimum Gasteiger partial charge on any atom is -0.322 e. The lowest BCUT2D eigenvalue weighted by Crippen LogP contribution is -2.46. The van der Waals surface area contributed by atoms with E-state index in [0.29, 0.717) is 12.8 Å². The van der Waals surface area contributed by atoms with Crippen molar-refractivity contribution in [3.8, 4) is 0 Å². The molecule has 7 heteroatoms. The van der Waals surface area contributed by atoms with E-state index < -0.39 is 16.1 Å². The summed E-state index contributed by atoms with van der Waals surface area (Å²) in [5.74, 6) is 0. The van der Waals surface area contributed by atoms with Gasteiger partial charge in [-0.15, -0.1) is 0 Å². The number of nitrogens with one attached hydrogen (secondary N) is 1. The van der Waals surface area contributed by atoms with Crippen LogP contribution in [0.25, 0.3) is 0 Å². The van der Waals surface area contributed by atoms with Gasteiger partial charge in [0.2, 0.25) is 10.0 Å². The molecule has 1 rings (SSSR count). The van der Waals surface area contributed by atoms with Crippen LogP contribution in [0.1, 0.15) is 32.1 Å². The normalized spacial score (nSPS) is 20.8. The summed E-state index contributed by atoms with van der Waals surface area (Å²) in [4.78, 5) is 12.6. The van der Waals surface area contributed by atoms with Gasteiger partial charge in [0.05, 0.1) is 18.5 Å². The molecule has 2 atom stereocenters. The summed E-state index contributed by atoms with van der Waals surface area (Å²) in [5, 5.41) is 0. The van der Waals surface area contributed by atoms with Crippen molar-refractivity contribution in [1.29, 1.82) is 0 Å². The van der Waals surface area contributed by atoms with E-state index >= 15 is 0 Å². The zero-order chi connectivity index (χ0) is 13.6. The molecule has 3 N–H and O–H groups in total. The van der Waals surface area contributed by atoms with Gasteiger partial charge in [-0.3, -0.25) is 4.90 Å². The van der Waals surface area contributed by atoms with Gasteiger partial charge in [0, 0.05) is 0 Å². The SMILES string of the molecule is CS(=O)(=O)N[C@@H](CCCC(N)C=O)N1CCCC1. The largest absolute Gasteiger partial charge is 0.322 e. The van der Waals surface area contributed by atoms with Gasteiger partial charge in [0.15, 0.2) is 0 Å². The Bertz CT molecular complexity index is 353. The van der Waals surface area contributed by atoms with E-state index in [4.69, 9.17) is 5.73 Å². The Labute approximate surface area is 109 Å². The van der Waals surface area contributed by atoms with Crippen LogP contribution in [-0.2, 0) is 14.8 Å². The Balaban J connectivity index is 2.46. The van der Waals surface area contributed by atoms with Crippen molar-refractivity contribution in [1.82, 2.24) is 9.62 Å². The Morgan fingerprint density at radius 1 is 1.33 bits per heavy atom. The lowest BCUT2D eigenvalue weighted by atomic mass is 10.1. The summed E-state index contributed by atoms with van der Waals surface area (Å²) < 4.78 is 25.3. The molecule has 0 aromatic heterocycles. The third-order valence-corrected chi connectivity index (χ3v) is 3.82. The van der Waals surface area contributed by atoms with Crippen LogP contribution in [0.3, 0.4) is 0 Å². The van der Waals surface area contributed by atoms with Gasteiger partial charge in [-0.25, -0.2) is 8.42 Å². The number of hydrogen-bond donors (Lipinski definition) is 2. The standard InChI is InChI=1S/C11H23N3O3S/c1-18(16,17)13-11(14-7-2-3-8-14)6-4-5-10(12)9-15/h9-11,13H,2-8,12H2,1H3/t10?,11-/m1/s1. The maximum atomic E-state index is 11.3. The van der Waals surface area contributed by atoms with E-state index in [1.165, 1.54) is 6.26 Å². The van der Waals surface area contributed by atoms with Gasteiger partial charge in [-0.05, 0) is 45.2 Å². The molecule has 0 amide bonds. The fraction of sp³-hybridized carbons (Fsp3) is 0.909. The highest BCUT2D eigenvalue weighted by Gasteiger charge is 2.24. The molecule has 1 unspecified atom stereocenters. The predicted octanol–water partition coefficient (Wildman–Crippen LogP) is -0.346. The molecule has 106 valence electrons. The minimum atomic E-state index is -3.21. The zero-order valence-electron chi connectivity index (χ0n) is 10.8. The van der Waals surface area contributed by atoms with E-state index in [2.05, 4.69) is 9.62 Å². The third kappa shape index (κ3) is 5.90. The first-order valence-corrected chi connectivity index (χ1v) is 8.24. The topological polar surface area (TPSA) is 92.5 Å². The Morgan fingerprint density at radius 3 is 2.44 bits per heavy atom. The number of hydrogen-bond acceptors (Lipinski definition) is 5. The average Bonchev–Trinajstić information content (AvgIpc) is 2.79. The number of sulfonamides is 1. The molecule has 0 aromatic rings. The Morgan fingerprint density at radius 2 is 1.94 bits per heavy atom. The van der Waals surface area contributed by atoms with Crippen molar-refractivity contribution in [2.45, 2.75) is 44.3 Å². The first kappa shape index (κ1) is 15.6. The lowest BCUT2D eigenvalue weighted by Gasteiger charge is -2.27. The monoisotopic (exact) mass is 277 g/mol. The van der Waals surface area contributed by atoms with Crippen LogP contribution in [0.2, 0.25) is 0 Å². The maximum Gasteiger partial charge on any atom is 0.210 e. The fourth-order valence-corrected chi connectivity index (χ4v) is 2.99. The van der Waals surface area contributed by atoms with E-state index in [-0.39, 0.29) is 6.17 Å². The minimum absolute atomic E-state index is 0.165. The number of rotatable bonds is 8. The zero-order valence-corrected chi connectivity index (χ0v) is 11.7. The van der Waals surface area contributed by atoms with Gasteiger partial charge in [0.25, 0.3) is 0 Å². The highest BCUT2D eigenvalue weighted by molar-refractivity contribution is 7.88. The summed E-state index contributed by atoms with van der Waals surface area (Å²) in [7, 11) is -3.21. The highest BCUT2D eigenvalue weighted by atomic mass is 32.2. The van der Waals surface area contributed by atoms with E-state index in [1.54, 1.807) is 0 Å². The average molecular weight is 277 g/mol. The molecule has 0 spiro atoms. The number of nitrogens with two attached hydrogens (primary N) is 1. The summed E-state index contributed by atoms with van der Waals surface area (Å²) >= 11 is 0. The predicted molar refractivity (Wildman–Crippen MR) is 70.5 cm³/mol. The Kier molecular flexibility index (Phi) is 6.20. The molecule has 1 heterocycles. The van der Waals surface area contributed by atoms with Crippen molar-refractivity contribution in [2.75, 3.05) is 19.3 Å². The van der Waals surface area contributed by atoms with Crippen LogP contribution in [0.4, 0.5) is 0 Å². The summed E-state index contributed by atoms with van der Waals surface area (Å²) in [6.07, 6.45) is 5.98. The third-order valence-electron chi connectivity index (χ3n) is 3.12. The number of carbonyl (C=O) groups is 1. The van der Waals surface area contributed by atoms with Crippen LogP contribution < -0.4 is 10.5 Å². The number of likely N-dealkylation sites (tertiary alicyclic amines) is 1. The smallest absolute Gasteiger partial charge is 0.210 e. The van der Waals surface area contributed by atoms with Gasteiger partial charge < -0.3 is 10.5 Å². The molecule has 0 saturated carbocycles. The van der Waals surface area contributed by atoms with Gasteiger partial charge in [-0.2, -0.15) is 4.72 Å². The lowest BCUT2D eigenvalue weighted by molar-refractivity contribution is -0.109. The van der Waals surface area contributed by atoms with Crippen LogP contribution in [0.5, 0.6) is 0 Å². The van der Waals surface area contributed by atoms with Crippen molar-refractivity contribution >= 4 is 16.3 Å². The van der Waals surface area contributed by atoms with Crippen LogP contribution in [0.15, 0.2) is 0 Å². The van der Waals surface area contributed by atoms with Crippen LogP contribution >= 0.6 is 0 Å². The first-order chi connectivity index (χ1) is 8.42. The Hall–Kier alpha value is -0.500. The fourth-order valence-electron chi connectivity index (χ4n) is 2.23. The van der Waals surface area contributed by atoms with Crippen LogP contribution in [0, 0.1) is 0 Å². The number of aldehydes is 1. The maximum absolute atomic E-state index is 11.3. The number of carbonyl (C=O) groups excluding carboxylic acids is 1. The van der Waals surface area contributed by atoms with Crippen molar-refractivity contribution < 1.29 is 13.2 Å². The second-order valence-electron chi connectivity index (χ2n) is 4.88. The molecular formula is C11H23N3O3S. The second-order valence-corrected chi connectivity index (χ2v) is 6.66. The molecule has 6 nitrogen and oxygen atoms in total. The van der Waals surface area contributed by atoms with Gasteiger partial charge in [-0.1, -0.05) is 0 Å². The van der Waals surface area contributed by atoms with E-state index in [9.17, 15) is 13.2 Å². The molecule has 1 aliphatic rings. The highest BCUT2D eigenvalue weighted by Crippen LogP contribution is 2.15. The summed E-state index contributed by atoms with van der Waals surface area (Å²) in [5.41, 5.74) is 5.52. The second kappa shape index (κ2) is 7.18. The molecule has 0 radical (unpaired) electrons. The molecule has 0 aliphatic carbocycles. The molecule has 18 heavy (non-hydrogen) atoms. The van der Waals surface area contributed by atoms with E-state index in [1.807, 2.05) is 0 Å². The van der Waals surface area contributed by atoms with Gasteiger partial charge >= 0.3 is 0 Å².